The number of rotatable bonds is 4. The molecule has 1 aromatic rings. The average Bonchev–Trinajstić information content (AvgIpc) is 2.79. The molecule has 0 saturated carbocycles. The minimum Gasteiger partial charge on any atom is -0.481 e. The Morgan fingerprint density at radius 3 is 2.90 bits per heavy atom. The van der Waals surface area contributed by atoms with E-state index >= 15 is 0 Å². The number of methoxy groups -OCH3 is 1. The molecule has 2 rings (SSSR count). The van der Waals surface area contributed by atoms with Gasteiger partial charge in [-0.1, -0.05) is 13.8 Å². The van der Waals surface area contributed by atoms with Crippen molar-refractivity contribution in [2.24, 2.45) is 5.92 Å². The zero-order valence-corrected chi connectivity index (χ0v) is 13.1. The maximum atomic E-state index is 12.3. The van der Waals surface area contributed by atoms with Gasteiger partial charge in [0.2, 0.25) is 17.7 Å². The molecular formula is C15H24N4O2. The van der Waals surface area contributed by atoms with Crippen LogP contribution in [0.1, 0.15) is 26.7 Å². The molecule has 1 aliphatic heterocycles. The van der Waals surface area contributed by atoms with Crippen LogP contribution in [0.25, 0.3) is 0 Å². The van der Waals surface area contributed by atoms with Gasteiger partial charge < -0.3 is 14.5 Å². The van der Waals surface area contributed by atoms with Crippen LogP contribution in [0.4, 0.5) is 5.95 Å². The molecule has 1 atom stereocenters. The van der Waals surface area contributed by atoms with Crippen molar-refractivity contribution in [1.29, 1.82) is 0 Å². The first-order chi connectivity index (χ1) is 10.2. The summed E-state index contributed by atoms with van der Waals surface area (Å²) < 4.78 is 5.14. The van der Waals surface area contributed by atoms with Crippen molar-refractivity contribution >= 4 is 11.9 Å². The molecule has 1 aliphatic rings. The predicted octanol–water partition coefficient (Wildman–Crippen LogP) is 1.57. The molecule has 1 saturated heterocycles. The molecule has 0 bridgehead atoms. The molecule has 0 spiro atoms. The average molecular weight is 292 g/mol. The quantitative estimate of drug-likeness (QED) is 0.843. The standard InChI is InChI=1S/C15H24N4O2/c1-4-12(2)14(20)18-8-5-9-19(11-10-18)15-16-7-6-13(17-15)21-3/h6-7,12H,4-5,8-11H2,1-3H3/t12-/m0/s1. The van der Waals surface area contributed by atoms with E-state index in [1.165, 1.54) is 0 Å². The van der Waals surface area contributed by atoms with Gasteiger partial charge in [-0.25, -0.2) is 4.98 Å². The first-order valence-corrected chi connectivity index (χ1v) is 7.56. The molecule has 2 heterocycles. The number of aromatic nitrogens is 2. The highest BCUT2D eigenvalue weighted by molar-refractivity contribution is 5.78. The Hall–Kier alpha value is -1.85. The van der Waals surface area contributed by atoms with Gasteiger partial charge >= 0.3 is 0 Å². The van der Waals surface area contributed by atoms with E-state index in [4.69, 9.17) is 4.74 Å². The summed E-state index contributed by atoms with van der Waals surface area (Å²) in [5, 5.41) is 0. The lowest BCUT2D eigenvalue weighted by Gasteiger charge is -2.24. The largest absolute Gasteiger partial charge is 0.481 e. The van der Waals surface area contributed by atoms with Crippen molar-refractivity contribution in [2.75, 3.05) is 38.2 Å². The molecule has 1 fully saturated rings. The molecule has 0 unspecified atom stereocenters. The van der Waals surface area contributed by atoms with E-state index in [0.717, 1.165) is 39.0 Å². The fourth-order valence-corrected chi connectivity index (χ4v) is 2.42. The van der Waals surface area contributed by atoms with E-state index in [1.54, 1.807) is 19.4 Å². The van der Waals surface area contributed by atoms with Crippen LogP contribution < -0.4 is 9.64 Å². The Morgan fingerprint density at radius 2 is 2.19 bits per heavy atom. The topological polar surface area (TPSA) is 58.6 Å². The fraction of sp³-hybridized carbons (Fsp3) is 0.667. The van der Waals surface area contributed by atoms with Crippen molar-refractivity contribution < 1.29 is 9.53 Å². The SMILES string of the molecule is CC[C@H](C)C(=O)N1CCCN(c2nccc(OC)n2)CC1. The van der Waals surface area contributed by atoms with Crippen molar-refractivity contribution in [1.82, 2.24) is 14.9 Å². The zero-order valence-electron chi connectivity index (χ0n) is 13.1. The lowest BCUT2D eigenvalue weighted by Crippen LogP contribution is -2.38. The van der Waals surface area contributed by atoms with Gasteiger partial charge in [0, 0.05) is 44.4 Å². The van der Waals surface area contributed by atoms with Crippen LogP contribution in [0.2, 0.25) is 0 Å². The van der Waals surface area contributed by atoms with Crippen LogP contribution in [0.15, 0.2) is 12.3 Å². The summed E-state index contributed by atoms with van der Waals surface area (Å²) in [6.45, 7) is 7.20. The highest BCUT2D eigenvalue weighted by Crippen LogP contribution is 2.16. The third kappa shape index (κ3) is 3.83. The van der Waals surface area contributed by atoms with Gasteiger partial charge in [0.25, 0.3) is 0 Å². The van der Waals surface area contributed by atoms with E-state index in [-0.39, 0.29) is 11.8 Å². The number of carbonyl (C=O) groups is 1. The van der Waals surface area contributed by atoms with Gasteiger partial charge in [-0.15, -0.1) is 0 Å². The van der Waals surface area contributed by atoms with E-state index in [9.17, 15) is 4.79 Å². The molecule has 6 heteroatoms. The second-order valence-corrected chi connectivity index (χ2v) is 5.37. The van der Waals surface area contributed by atoms with Crippen molar-refractivity contribution in [3.05, 3.63) is 12.3 Å². The molecule has 21 heavy (non-hydrogen) atoms. The lowest BCUT2D eigenvalue weighted by atomic mass is 10.1. The maximum absolute atomic E-state index is 12.3. The second-order valence-electron chi connectivity index (χ2n) is 5.37. The summed E-state index contributed by atoms with van der Waals surface area (Å²) in [7, 11) is 1.60. The van der Waals surface area contributed by atoms with Gasteiger partial charge in [0.05, 0.1) is 7.11 Å². The third-order valence-electron chi connectivity index (χ3n) is 3.95. The summed E-state index contributed by atoms with van der Waals surface area (Å²) >= 11 is 0. The summed E-state index contributed by atoms with van der Waals surface area (Å²) in [6, 6.07) is 1.74. The molecular weight excluding hydrogens is 268 g/mol. The minimum atomic E-state index is 0.101. The second kappa shape index (κ2) is 7.24. The van der Waals surface area contributed by atoms with Gasteiger partial charge in [-0.3, -0.25) is 4.79 Å². The van der Waals surface area contributed by atoms with Crippen LogP contribution in [0.5, 0.6) is 5.88 Å². The van der Waals surface area contributed by atoms with Gasteiger partial charge in [-0.05, 0) is 12.8 Å². The Labute approximate surface area is 126 Å². The first-order valence-electron chi connectivity index (χ1n) is 7.56. The van der Waals surface area contributed by atoms with Crippen molar-refractivity contribution in [3.63, 3.8) is 0 Å². The van der Waals surface area contributed by atoms with Crippen LogP contribution in [-0.4, -0.2) is 54.1 Å². The summed E-state index contributed by atoms with van der Waals surface area (Å²) in [4.78, 5) is 25.0. The van der Waals surface area contributed by atoms with Crippen molar-refractivity contribution in [3.8, 4) is 5.88 Å². The van der Waals surface area contributed by atoms with Gasteiger partial charge in [0.1, 0.15) is 0 Å². The van der Waals surface area contributed by atoms with E-state index < -0.39 is 0 Å². The first kappa shape index (κ1) is 15.5. The van der Waals surface area contributed by atoms with E-state index in [1.807, 2.05) is 11.8 Å². The number of hydrogen-bond donors (Lipinski definition) is 0. The number of ether oxygens (including phenoxy) is 1. The molecule has 0 aliphatic carbocycles. The number of amides is 1. The summed E-state index contributed by atoms with van der Waals surface area (Å²) in [6.07, 6.45) is 3.52. The Bertz CT molecular complexity index is 480. The Kier molecular flexibility index (Phi) is 5.36. The van der Waals surface area contributed by atoms with Crippen LogP contribution in [0, 0.1) is 5.92 Å². The fourth-order valence-electron chi connectivity index (χ4n) is 2.42. The smallest absolute Gasteiger partial charge is 0.228 e. The molecule has 6 nitrogen and oxygen atoms in total. The molecule has 0 N–H and O–H groups in total. The van der Waals surface area contributed by atoms with Crippen LogP contribution >= 0.6 is 0 Å². The highest BCUT2D eigenvalue weighted by Gasteiger charge is 2.23. The highest BCUT2D eigenvalue weighted by atomic mass is 16.5. The van der Waals surface area contributed by atoms with Gasteiger partial charge in [0.15, 0.2) is 0 Å². The van der Waals surface area contributed by atoms with E-state index in [2.05, 4.69) is 21.8 Å². The number of carbonyl (C=O) groups excluding carboxylic acids is 1. The van der Waals surface area contributed by atoms with Crippen molar-refractivity contribution in [2.45, 2.75) is 26.7 Å². The molecule has 1 aromatic heterocycles. The lowest BCUT2D eigenvalue weighted by molar-refractivity contribution is -0.134. The third-order valence-corrected chi connectivity index (χ3v) is 3.95. The molecule has 0 radical (unpaired) electrons. The van der Waals surface area contributed by atoms with Crippen LogP contribution in [-0.2, 0) is 4.79 Å². The van der Waals surface area contributed by atoms with E-state index in [0.29, 0.717) is 11.8 Å². The number of nitrogens with zero attached hydrogens (tertiary/aromatic N) is 4. The number of hydrogen-bond acceptors (Lipinski definition) is 5. The summed E-state index contributed by atoms with van der Waals surface area (Å²) in [5.41, 5.74) is 0. The number of anilines is 1. The Balaban J connectivity index is 2.01. The maximum Gasteiger partial charge on any atom is 0.228 e. The molecule has 116 valence electrons. The minimum absolute atomic E-state index is 0.101. The Morgan fingerprint density at radius 1 is 1.38 bits per heavy atom. The predicted molar refractivity (Wildman–Crippen MR) is 81.4 cm³/mol. The molecule has 1 amide bonds. The summed E-state index contributed by atoms with van der Waals surface area (Å²) in [5.74, 6) is 1.60. The normalized spacial score (nSPS) is 17.3. The zero-order chi connectivity index (χ0) is 15.2. The van der Waals surface area contributed by atoms with Crippen LogP contribution in [0.3, 0.4) is 0 Å². The van der Waals surface area contributed by atoms with Gasteiger partial charge in [-0.2, -0.15) is 4.98 Å². The molecule has 0 aromatic carbocycles. The monoisotopic (exact) mass is 292 g/mol.